The first-order valence-corrected chi connectivity index (χ1v) is 5.43. The van der Waals surface area contributed by atoms with Crippen LogP contribution in [0.5, 0.6) is 0 Å². The lowest BCUT2D eigenvalue weighted by molar-refractivity contribution is -0.0808. The van der Waals surface area contributed by atoms with Crippen LogP contribution in [-0.2, 0) is 9.57 Å². The zero-order chi connectivity index (χ0) is 12.7. The van der Waals surface area contributed by atoms with E-state index in [-0.39, 0.29) is 17.9 Å². The van der Waals surface area contributed by atoms with Gasteiger partial charge in [0.2, 0.25) is 0 Å². The highest BCUT2D eigenvalue weighted by Gasteiger charge is 2.17. The fourth-order valence-electron chi connectivity index (χ4n) is 1.39. The SMILES string of the molecule is CCC(OC)[C@@H](C)ONC(=O)c1ccncn1. The Morgan fingerprint density at radius 3 is 2.88 bits per heavy atom. The highest BCUT2D eigenvalue weighted by atomic mass is 16.7. The molecule has 0 fully saturated rings. The van der Waals surface area contributed by atoms with Crippen molar-refractivity contribution in [2.45, 2.75) is 32.5 Å². The van der Waals surface area contributed by atoms with Gasteiger partial charge in [0.25, 0.3) is 5.91 Å². The van der Waals surface area contributed by atoms with Crippen LogP contribution < -0.4 is 5.48 Å². The molecule has 1 N–H and O–H groups in total. The van der Waals surface area contributed by atoms with Crippen LogP contribution in [0.1, 0.15) is 30.8 Å². The van der Waals surface area contributed by atoms with Crippen molar-refractivity contribution in [2.24, 2.45) is 0 Å². The summed E-state index contributed by atoms with van der Waals surface area (Å²) >= 11 is 0. The van der Waals surface area contributed by atoms with Crippen molar-refractivity contribution in [3.63, 3.8) is 0 Å². The summed E-state index contributed by atoms with van der Waals surface area (Å²) in [7, 11) is 1.61. The van der Waals surface area contributed by atoms with Gasteiger partial charge in [-0.2, -0.15) is 0 Å². The Kier molecular flexibility index (Phi) is 5.51. The van der Waals surface area contributed by atoms with Crippen LogP contribution in [0.4, 0.5) is 0 Å². The molecule has 1 rings (SSSR count). The highest BCUT2D eigenvalue weighted by Crippen LogP contribution is 2.05. The second-order valence-corrected chi connectivity index (χ2v) is 3.53. The van der Waals surface area contributed by atoms with Gasteiger partial charge in [-0.25, -0.2) is 15.4 Å². The molecule has 1 heterocycles. The fourth-order valence-corrected chi connectivity index (χ4v) is 1.39. The number of ether oxygens (including phenoxy) is 1. The van der Waals surface area contributed by atoms with Crippen molar-refractivity contribution in [3.8, 4) is 0 Å². The maximum atomic E-state index is 11.6. The van der Waals surface area contributed by atoms with E-state index >= 15 is 0 Å². The van der Waals surface area contributed by atoms with Gasteiger partial charge in [0.15, 0.2) is 0 Å². The van der Waals surface area contributed by atoms with Crippen molar-refractivity contribution in [1.29, 1.82) is 0 Å². The van der Waals surface area contributed by atoms with Crippen LogP contribution in [-0.4, -0.2) is 35.2 Å². The number of nitrogens with one attached hydrogen (secondary N) is 1. The molecule has 0 aliphatic carbocycles. The van der Waals surface area contributed by atoms with Crippen LogP contribution >= 0.6 is 0 Å². The first-order valence-electron chi connectivity index (χ1n) is 5.43. The number of carbonyl (C=O) groups excluding carboxylic acids is 1. The minimum absolute atomic E-state index is 0.0549. The molecule has 0 radical (unpaired) electrons. The number of carbonyl (C=O) groups is 1. The monoisotopic (exact) mass is 239 g/mol. The van der Waals surface area contributed by atoms with E-state index in [1.54, 1.807) is 7.11 Å². The number of hydroxylamine groups is 1. The molecule has 1 aromatic rings. The maximum Gasteiger partial charge on any atom is 0.293 e. The molecule has 1 unspecified atom stereocenters. The molecule has 0 aromatic carbocycles. The van der Waals surface area contributed by atoms with Crippen molar-refractivity contribution in [3.05, 3.63) is 24.3 Å². The van der Waals surface area contributed by atoms with E-state index in [1.807, 2.05) is 13.8 Å². The number of hydrogen-bond donors (Lipinski definition) is 1. The molecule has 2 atom stereocenters. The Labute approximate surface area is 100 Å². The number of aromatic nitrogens is 2. The van der Waals surface area contributed by atoms with Gasteiger partial charge < -0.3 is 4.74 Å². The number of rotatable bonds is 6. The van der Waals surface area contributed by atoms with E-state index < -0.39 is 5.91 Å². The van der Waals surface area contributed by atoms with Crippen molar-refractivity contribution in [2.75, 3.05) is 7.11 Å². The number of methoxy groups -OCH3 is 1. The van der Waals surface area contributed by atoms with Crippen LogP contribution in [0, 0.1) is 0 Å². The third kappa shape index (κ3) is 4.08. The minimum atomic E-state index is -0.398. The predicted molar refractivity (Wildman–Crippen MR) is 61.1 cm³/mol. The van der Waals surface area contributed by atoms with E-state index in [1.165, 1.54) is 18.6 Å². The average molecular weight is 239 g/mol. The summed E-state index contributed by atoms with van der Waals surface area (Å²) in [5.74, 6) is -0.398. The molecule has 6 nitrogen and oxygen atoms in total. The molecule has 0 aliphatic rings. The summed E-state index contributed by atoms with van der Waals surface area (Å²) < 4.78 is 5.20. The van der Waals surface area contributed by atoms with E-state index in [0.717, 1.165) is 6.42 Å². The third-order valence-electron chi connectivity index (χ3n) is 2.38. The summed E-state index contributed by atoms with van der Waals surface area (Å²) in [4.78, 5) is 24.3. The standard InChI is InChI=1S/C11H17N3O3/c1-4-10(16-3)8(2)17-14-11(15)9-5-6-12-7-13-9/h5-8,10H,4H2,1-3H3,(H,14,15)/t8-,10?/m1/s1. The second-order valence-electron chi connectivity index (χ2n) is 3.53. The van der Waals surface area contributed by atoms with Gasteiger partial charge in [-0.3, -0.25) is 9.63 Å². The first kappa shape index (κ1) is 13.5. The molecule has 0 saturated heterocycles. The van der Waals surface area contributed by atoms with Gasteiger partial charge in [-0.1, -0.05) is 6.92 Å². The van der Waals surface area contributed by atoms with Crippen LogP contribution in [0.25, 0.3) is 0 Å². The Morgan fingerprint density at radius 1 is 1.59 bits per heavy atom. The third-order valence-corrected chi connectivity index (χ3v) is 2.38. The summed E-state index contributed by atoms with van der Waals surface area (Å²) in [6.45, 7) is 3.82. The summed E-state index contributed by atoms with van der Waals surface area (Å²) in [5, 5.41) is 0. The molecule has 0 aliphatic heterocycles. The number of nitrogens with zero attached hydrogens (tertiary/aromatic N) is 2. The van der Waals surface area contributed by atoms with Gasteiger partial charge in [0.1, 0.15) is 18.1 Å². The molecule has 0 bridgehead atoms. The Balaban J connectivity index is 2.43. The predicted octanol–water partition coefficient (Wildman–Crippen LogP) is 0.952. The van der Waals surface area contributed by atoms with E-state index in [0.29, 0.717) is 0 Å². The van der Waals surface area contributed by atoms with Crippen LogP contribution in [0.2, 0.25) is 0 Å². The normalized spacial score (nSPS) is 14.1. The minimum Gasteiger partial charge on any atom is -0.379 e. The largest absolute Gasteiger partial charge is 0.379 e. The lowest BCUT2D eigenvalue weighted by Gasteiger charge is -2.20. The smallest absolute Gasteiger partial charge is 0.293 e. The molecule has 17 heavy (non-hydrogen) atoms. The molecule has 94 valence electrons. The molecular formula is C11H17N3O3. The van der Waals surface area contributed by atoms with Crippen molar-refractivity contribution in [1.82, 2.24) is 15.4 Å². The highest BCUT2D eigenvalue weighted by molar-refractivity contribution is 5.91. The number of amides is 1. The Bertz CT molecular complexity index is 341. The van der Waals surface area contributed by atoms with E-state index in [9.17, 15) is 4.79 Å². The quantitative estimate of drug-likeness (QED) is 0.748. The van der Waals surface area contributed by atoms with Gasteiger partial charge in [-0.05, 0) is 19.4 Å². The molecule has 0 spiro atoms. The first-order chi connectivity index (χ1) is 8.19. The van der Waals surface area contributed by atoms with Crippen LogP contribution in [0.3, 0.4) is 0 Å². The zero-order valence-electron chi connectivity index (χ0n) is 10.2. The zero-order valence-corrected chi connectivity index (χ0v) is 10.2. The van der Waals surface area contributed by atoms with E-state index in [4.69, 9.17) is 9.57 Å². The van der Waals surface area contributed by atoms with Gasteiger partial charge in [-0.15, -0.1) is 0 Å². The average Bonchev–Trinajstić information content (AvgIpc) is 2.38. The van der Waals surface area contributed by atoms with Gasteiger partial charge in [0, 0.05) is 13.3 Å². The topological polar surface area (TPSA) is 73.3 Å². The summed E-state index contributed by atoms with van der Waals surface area (Å²) in [6, 6.07) is 1.51. The lowest BCUT2D eigenvalue weighted by atomic mass is 10.2. The lowest BCUT2D eigenvalue weighted by Crippen LogP contribution is -2.35. The van der Waals surface area contributed by atoms with Gasteiger partial charge >= 0.3 is 0 Å². The molecular weight excluding hydrogens is 222 g/mol. The molecule has 0 saturated carbocycles. The number of hydrogen-bond acceptors (Lipinski definition) is 5. The van der Waals surface area contributed by atoms with Crippen LogP contribution in [0.15, 0.2) is 18.6 Å². The van der Waals surface area contributed by atoms with Gasteiger partial charge in [0.05, 0.1) is 6.10 Å². The Morgan fingerprint density at radius 2 is 2.35 bits per heavy atom. The second kappa shape index (κ2) is 6.93. The summed E-state index contributed by atoms with van der Waals surface area (Å²) in [5.41, 5.74) is 2.60. The molecule has 1 aromatic heterocycles. The fraction of sp³-hybridized carbons (Fsp3) is 0.545. The molecule has 1 amide bonds. The Hall–Kier alpha value is -1.53. The van der Waals surface area contributed by atoms with Crippen molar-refractivity contribution >= 4 is 5.91 Å². The van der Waals surface area contributed by atoms with Crippen molar-refractivity contribution < 1.29 is 14.4 Å². The van der Waals surface area contributed by atoms with E-state index in [2.05, 4.69) is 15.4 Å². The maximum absolute atomic E-state index is 11.6. The molecule has 6 heteroatoms. The summed E-state index contributed by atoms with van der Waals surface area (Å²) in [6.07, 6.45) is 3.33.